The van der Waals surface area contributed by atoms with Crippen LogP contribution in [0.3, 0.4) is 0 Å². The van der Waals surface area contributed by atoms with Crippen LogP contribution in [-0.4, -0.2) is 11.6 Å². The Labute approximate surface area is 127 Å². The molecule has 1 spiro atoms. The van der Waals surface area contributed by atoms with Crippen molar-refractivity contribution in [2.24, 2.45) is 0 Å². The third-order valence-electron chi connectivity index (χ3n) is 5.38. The van der Waals surface area contributed by atoms with Crippen LogP contribution < -0.4 is 10.1 Å². The molecule has 2 unspecified atom stereocenters. The second-order valence-electron chi connectivity index (χ2n) is 6.92. The Morgan fingerprint density at radius 3 is 2.76 bits per heavy atom. The largest absolute Gasteiger partial charge is 0.487 e. The van der Waals surface area contributed by atoms with Crippen molar-refractivity contribution in [3.63, 3.8) is 0 Å². The fourth-order valence-corrected chi connectivity index (χ4v) is 4.30. The SMILES string of the molecule is C1=CC(NC2CC3(CCCC3)Oc3ccccc32)CCC1. The average molecular weight is 283 g/mol. The van der Waals surface area contributed by atoms with Crippen molar-refractivity contribution in [2.45, 2.75) is 69.1 Å². The van der Waals surface area contributed by atoms with Gasteiger partial charge in [0.25, 0.3) is 0 Å². The van der Waals surface area contributed by atoms with Crippen LogP contribution in [0, 0.1) is 0 Å². The zero-order valence-corrected chi connectivity index (χ0v) is 12.7. The van der Waals surface area contributed by atoms with E-state index < -0.39 is 0 Å². The van der Waals surface area contributed by atoms with E-state index in [1.807, 2.05) is 0 Å². The molecule has 3 aliphatic rings. The van der Waals surface area contributed by atoms with E-state index in [9.17, 15) is 0 Å². The molecule has 112 valence electrons. The minimum atomic E-state index is 0.102. The smallest absolute Gasteiger partial charge is 0.124 e. The fourth-order valence-electron chi connectivity index (χ4n) is 4.30. The van der Waals surface area contributed by atoms with E-state index in [1.165, 1.54) is 50.5 Å². The summed E-state index contributed by atoms with van der Waals surface area (Å²) in [6.45, 7) is 0. The quantitative estimate of drug-likeness (QED) is 0.806. The van der Waals surface area contributed by atoms with Crippen LogP contribution in [0.2, 0.25) is 0 Å². The first-order valence-corrected chi connectivity index (χ1v) is 8.55. The van der Waals surface area contributed by atoms with E-state index in [2.05, 4.69) is 41.7 Å². The van der Waals surface area contributed by atoms with Gasteiger partial charge in [0.2, 0.25) is 0 Å². The molecule has 0 amide bonds. The zero-order chi connectivity index (χ0) is 14.1. The molecule has 1 aromatic rings. The highest BCUT2D eigenvalue weighted by atomic mass is 16.5. The highest BCUT2D eigenvalue weighted by molar-refractivity contribution is 5.39. The summed E-state index contributed by atoms with van der Waals surface area (Å²) >= 11 is 0. The van der Waals surface area contributed by atoms with Gasteiger partial charge < -0.3 is 10.1 Å². The van der Waals surface area contributed by atoms with E-state index in [1.54, 1.807) is 0 Å². The highest BCUT2D eigenvalue weighted by Crippen LogP contribution is 2.47. The van der Waals surface area contributed by atoms with Crippen molar-refractivity contribution in [1.29, 1.82) is 0 Å². The Bertz CT molecular complexity index is 530. The molecule has 0 radical (unpaired) electrons. The molecule has 1 N–H and O–H groups in total. The third-order valence-corrected chi connectivity index (χ3v) is 5.38. The molecule has 2 aliphatic carbocycles. The molecule has 0 saturated heterocycles. The number of benzene rings is 1. The number of rotatable bonds is 2. The second kappa shape index (κ2) is 5.49. The number of fused-ring (bicyclic) bond motifs is 1. The van der Waals surface area contributed by atoms with Crippen LogP contribution in [0.5, 0.6) is 5.75 Å². The molecule has 2 nitrogen and oxygen atoms in total. The molecule has 1 saturated carbocycles. The van der Waals surface area contributed by atoms with Crippen LogP contribution in [0.1, 0.15) is 63.0 Å². The van der Waals surface area contributed by atoms with Gasteiger partial charge in [-0.1, -0.05) is 30.4 Å². The fraction of sp³-hybridized carbons (Fsp3) is 0.579. The van der Waals surface area contributed by atoms with Gasteiger partial charge in [-0.3, -0.25) is 0 Å². The summed E-state index contributed by atoms with van der Waals surface area (Å²) in [5.74, 6) is 1.11. The van der Waals surface area contributed by atoms with Crippen LogP contribution in [-0.2, 0) is 0 Å². The maximum absolute atomic E-state index is 6.44. The molecule has 21 heavy (non-hydrogen) atoms. The Morgan fingerprint density at radius 2 is 1.95 bits per heavy atom. The van der Waals surface area contributed by atoms with Gasteiger partial charge in [0.15, 0.2) is 0 Å². The monoisotopic (exact) mass is 283 g/mol. The minimum absolute atomic E-state index is 0.102. The first kappa shape index (κ1) is 13.4. The van der Waals surface area contributed by atoms with E-state index in [0.29, 0.717) is 12.1 Å². The van der Waals surface area contributed by atoms with Crippen molar-refractivity contribution in [2.75, 3.05) is 0 Å². The molecule has 1 heterocycles. The molecule has 0 aromatic heterocycles. The molecule has 2 heteroatoms. The van der Waals surface area contributed by atoms with E-state index in [0.717, 1.165) is 12.2 Å². The van der Waals surface area contributed by atoms with Crippen LogP contribution in [0.25, 0.3) is 0 Å². The van der Waals surface area contributed by atoms with Crippen molar-refractivity contribution in [3.05, 3.63) is 42.0 Å². The predicted octanol–water partition coefficient (Wildman–Crippen LogP) is 4.52. The number of allylic oxidation sites excluding steroid dienone is 1. The van der Waals surface area contributed by atoms with E-state index >= 15 is 0 Å². The summed E-state index contributed by atoms with van der Waals surface area (Å²) in [6.07, 6.45) is 14.7. The predicted molar refractivity (Wildman–Crippen MR) is 85.5 cm³/mol. The van der Waals surface area contributed by atoms with Gasteiger partial charge in [0.1, 0.15) is 11.4 Å². The molecule has 1 aromatic carbocycles. The van der Waals surface area contributed by atoms with Crippen LogP contribution in [0.15, 0.2) is 36.4 Å². The van der Waals surface area contributed by atoms with Gasteiger partial charge in [-0.15, -0.1) is 0 Å². The number of ether oxygens (including phenoxy) is 1. The normalized spacial score (nSPS) is 30.1. The number of hydrogen-bond donors (Lipinski definition) is 1. The number of para-hydroxylation sites is 1. The van der Waals surface area contributed by atoms with Gasteiger partial charge in [-0.2, -0.15) is 0 Å². The van der Waals surface area contributed by atoms with Gasteiger partial charge in [0, 0.05) is 24.1 Å². The Morgan fingerprint density at radius 1 is 1.10 bits per heavy atom. The van der Waals surface area contributed by atoms with Crippen LogP contribution >= 0.6 is 0 Å². The van der Waals surface area contributed by atoms with Crippen molar-refractivity contribution in [1.82, 2.24) is 5.32 Å². The summed E-state index contributed by atoms with van der Waals surface area (Å²) in [7, 11) is 0. The molecule has 1 aliphatic heterocycles. The minimum Gasteiger partial charge on any atom is -0.487 e. The molecule has 0 bridgehead atoms. The summed E-state index contributed by atoms with van der Waals surface area (Å²) < 4.78 is 6.44. The maximum atomic E-state index is 6.44. The Kier molecular flexibility index (Phi) is 3.50. The molecular weight excluding hydrogens is 258 g/mol. The lowest BCUT2D eigenvalue weighted by Gasteiger charge is -2.41. The topological polar surface area (TPSA) is 21.3 Å². The lowest BCUT2D eigenvalue weighted by Crippen LogP contribution is -2.44. The average Bonchev–Trinajstić information content (AvgIpc) is 2.96. The summed E-state index contributed by atoms with van der Waals surface area (Å²) in [5, 5.41) is 3.90. The van der Waals surface area contributed by atoms with Gasteiger partial charge >= 0.3 is 0 Å². The number of nitrogens with one attached hydrogen (secondary N) is 1. The second-order valence-corrected chi connectivity index (χ2v) is 6.92. The van der Waals surface area contributed by atoms with Gasteiger partial charge in [-0.05, 0) is 51.0 Å². The highest BCUT2D eigenvalue weighted by Gasteiger charge is 2.43. The van der Waals surface area contributed by atoms with Crippen molar-refractivity contribution < 1.29 is 4.74 Å². The standard InChI is InChI=1S/C19H25NO/c1-2-8-15(9-3-1)20-17-14-19(12-6-7-13-19)21-18-11-5-4-10-16(17)18/h2,4-5,8,10-11,15,17,20H,1,3,6-7,9,12-14H2. The van der Waals surface area contributed by atoms with Gasteiger partial charge in [-0.25, -0.2) is 0 Å². The molecule has 4 rings (SSSR count). The lowest BCUT2D eigenvalue weighted by atomic mass is 9.85. The van der Waals surface area contributed by atoms with Crippen molar-refractivity contribution >= 4 is 0 Å². The van der Waals surface area contributed by atoms with E-state index in [-0.39, 0.29) is 5.60 Å². The zero-order valence-electron chi connectivity index (χ0n) is 12.7. The lowest BCUT2D eigenvalue weighted by molar-refractivity contribution is 0.0354. The molecule has 1 fully saturated rings. The van der Waals surface area contributed by atoms with Crippen molar-refractivity contribution in [3.8, 4) is 5.75 Å². The third kappa shape index (κ3) is 2.62. The summed E-state index contributed by atoms with van der Waals surface area (Å²) in [6, 6.07) is 9.61. The summed E-state index contributed by atoms with van der Waals surface area (Å²) in [5.41, 5.74) is 1.46. The first-order chi connectivity index (χ1) is 10.3. The van der Waals surface area contributed by atoms with Crippen LogP contribution in [0.4, 0.5) is 0 Å². The number of hydrogen-bond acceptors (Lipinski definition) is 2. The maximum Gasteiger partial charge on any atom is 0.124 e. The Balaban J connectivity index is 1.61. The summed E-state index contributed by atoms with van der Waals surface area (Å²) in [4.78, 5) is 0. The van der Waals surface area contributed by atoms with Gasteiger partial charge in [0.05, 0.1) is 0 Å². The molecule has 2 atom stereocenters. The first-order valence-electron chi connectivity index (χ1n) is 8.55. The van der Waals surface area contributed by atoms with E-state index in [4.69, 9.17) is 4.74 Å². The Hall–Kier alpha value is -1.28. The molecular formula is C19H25NO.